The Bertz CT molecular complexity index is 481. The summed E-state index contributed by atoms with van der Waals surface area (Å²) in [5.41, 5.74) is 0. The molecule has 0 aliphatic heterocycles. The number of hydrogen-bond acceptors (Lipinski definition) is 2. The molecular formula is C19H30Br8O2. The number of esters is 1. The van der Waals surface area contributed by atoms with Crippen LogP contribution >= 0.6 is 127 Å². The Hall–Kier alpha value is 3.31. The lowest BCUT2D eigenvalue weighted by Crippen LogP contribution is -2.58. The first-order valence-corrected chi connectivity index (χ1v) is 16.2. The molecule has 0 spiro atoms. The molecule has 0 fully saturated rings. The molecule has 0 aromatic rings. The van der Waals surface area contributed by atoms with Gasteiger partial charge in [-0.25, -0.2) is 4.79 Å². The number of unbranched alkanes of at least 4 members (excludes halogenated alkanes) is 10. The Kier molecular flexibility index (Phi) is 17.1. The first-order valence-electron chi connectivity index (χ1n) is 9.89. The standard InChI is InChI=1S/C19H30Br8O2/c1-3-4-5-6-7-8-9-10-11-12-13-14-16(20,21)18(24,25)19(26,27)17(22,23)15(28)29-2/h3-14H2,1-2H3. The van der Waals surface area contributed by atoms with Crippen molar-refractivity contribution in [2.45, 2.75) is 96.9 Å². The fourth-order valence-corrected chi connectivity index (χ4v) is 9.05. The van der Waals surface area contributed by atoms with Crippen LogP contribution in [0.1, 0.15) is 84.0 Å². The Morgan fingerprint density at radius 1 is 0.655 bits per heavy atom. The summed E-state index contributed by atoms with van der Waals surface area (Å²) in [5.74, 6) is -0.472. The van der Waals surface area contributed by atoms with E-state index in [4.69, 9.17) is 4.74 Å². The maximum Gasteiger partial charge on any atom is 0.336 e. The maximum atomic E-state index is 12.3. The van der Waals surface area contributed by atoms with Gasteiger partial charge in [-0.1, -0.05) is 205 Å². The molecule has 10 heteroatoms. The molecule has 0 N–H and O–H groups in total. The van der Waals surface area contributed by atoms with Crippen LogP contribution in [0.25, 0.3) is 0 Å². The van der Waals surface area contributed by atoms with Crippen LogP contribution in [-0.4, -0.2) is 26.0 Å². The molecule has 0 saturated carbocycles. The van der Waals surface area contributed by atoms with E-state index in [2.05, 4.69) is 134 Å². The Morgan fingerprint density at radius 2 is 1.03 bits per heavy atom. The highest BCUT2D eigenvalue weighted by Gasteiger charge is 2.67. The van der Waals surface area contributed by atoms with Crippen LogP contribution < -0.4 is 0 Å². The van der Waals surface area contributed by atoms with Crippen molar-refractivity contribution in [3.63, 3.8) is 0 Å². The van der Waals surface area contributed by atoms with Gasteiger partial charge in [0.2, 0.25) is 3.23 Å². The number of hydrogen-bond donors (Lipinski definition) is 0. The fourth-order valence-electron chi connectivity index (χ4n) is 2.85. The van der Waals surface area contributed by atoms with Gasteiger partial charge < -0.3 is 4.74 Å². The van der Waals surface area contributed by atoms with Crippen LogP contribution in [0.2, 0.25) is 0 Å². The largest absolute Gasteiger partial charge is 0.467 e. The summed E-state index contributed by atoms with van der Waals surface area (Å²) in [6, 6.07) is 0. The zero-order valence-corrected chi connectivity index (χ0v) is 29.5. The van der Waals surface area contributed by atoms with Crippen LogP contribution in [0.15, 0.2) is 0 Å². The quantitative estimate of drug-likeness (QED) is 0.0876. The topological polar surface area (TPSA) is 26.3 Å². The van der Waals surface area contributed by atoms with Crippen molar-refractivity contribution in [1.29, 1.82) is 0 Å². The van der Waals surface area contributed by atoms with E-state index < -0.39 is 18.9 Å². The minimum Gasteiger partial charge on any atom is -0.467 e. The molecule has 0 atom stereocenters. The molecule has 174 valence electrons. The van der Waals surface area contributed by atoms with Crippen molar-refractivity contribution in [1.82, 2.24) is 0 Å². The van der Waals surface area contributed by atoms with Gasteiger partial charge in [0, 0.05) is 0 Å². The van der Waals surface area contributed by atoms with Crippen LogP contribution in [0.4, 0.5) is 0 Å². The molecule has 0 aliphatic rings. The van der Waals surface area contributed by atoms with Gasteiger partial charge in [-0.3, -0.25) is 0 Å². The summed E-state index contributed by atoms with van der Waals surface area (Å²) in [7, 11) is 1.35. The SMILES string of the molecule is CCCCCCCCCCCCCC(Br)(Br)C(Br)(Br)C(Br)(Br)C(Br)(Br)C(=O)OC. The zero-order chi connectivity index (χ0) is 22.8. The molecule has 0 bridgehead atoms. The average molecular weight is 930 g/mol. The second-order valence-electron chi connectivity index (χ2n) is 7.20. The van der Waals surface area contributed by atoms with Crippen LogP contribution in [0.3, 0.4) is 0 Å². The molecule has 0 aliphatic carbocycles. The number of alkyl halides is 8. The van der Waals surface area contributed by atoms with E-state index in [1.807, 2.05) is 0 Å². The molecule has 0 aromatic heterocycles. The molecule has 0 radical (unpaired) electrons. The molecule has 0 rings (SSSR count). The van der Waals surface area contributed by atoms with E-state index >= 15 is 0 Å². The van der Waals surface area contributed by atoms with Gasteiger partial charge in [0.05, 0.1) is 7.11 Å². The first kappa shape index (κ1) is 32.3. The summed E-state index contributed by atoms with van der Waals surface area (Å²) >= 11 is 29.3. The number of carbonyl (C=O) groups excluding carboxylic acids is 1. The van der Waals surface area contributed by atoms with Crippen LogP contribution in [0, 0.1) is 0 Å². The predicted molar refractivity (Wildman–Crippen MR) is 155 cm³/mol. The lowest BCUT2D eigenvalue weighted by molar-refractivity contribution is -0.140. The average Bonchev–Trinajstić information content (AvgIpc) is 2.64. The molecule has 0 aromatic carbocycles. The van der Waals surface area contributed by atoms with Crippen molar-refractivity contribution in [2.24, 2.45) is 0 Å². The highest BCUT2D eigenvalue weighted by atomic mass is 79.9. The van der Waals surface area contributed by atoms with Crippen LogP contribution in [0.5, 0.6) is 0 Å². The van der Waals surface area contributed by atoms with Crippen molar-refractivity contribution in [2.75, 3.05) is 7.11 Å². The normalized spacial score (nSPS) is 13.6. The Morgan fingerprint density at radius 3 is 1.41 bits per heavy atom. The van der Waals surface area contributed by atoms with Gasteiger partial charge in [0.25, 0.3) is 0 Å². The molecule has 0 amide bonds. The lowest BCUT2D eigenvalue weighted by Gasteiger charge is -2.47. The van der Waals surface area contributed by atoms with Gasteiger partial charge in [-0.2, -0.15) is 0 Å². The van der Waals surface area contributed by atoms with E-state index in [1.165, 1.54) is 71.3 Å². The lowest BCUT2D eigenvalue weighted by atomic mass is 10.0. The zero-order valence-electron chi connectivity index (χ0n) is 16.8. The monoisotopic (exact) mass is 922 g/mol. The Balaban J connectivity index is 4.46. The third kappa shape index (κ3) is 9.83. The highest BCUT2D eigenvalue weighted by Crippen LogP contribution is 2.67. The highest BCUT2D eigenvalue weighted by molar-refractivity contribution is 9.34. The third-order valence-electron chi connectivity index (χ3n) is 4.78. The minimum absolute atomic E-state index is 0.472. The minimum atomic E-state index is -1.22. The smallest absolute Gasteiger partial charge is 0.336 e. The first-order chi connectivity index (χ1) is 13.3. The van der Waals surface area contributed by atoms with Crippen molar-refractivity contribution >= 4 is 133 Å². The Labute approximate surface area is 244 Å². The molecule has 0 unspecified atom stereocenters. The second-order valence-corrected chi connectivity index (χ2v) is 21.3. The van der Waals surface area contributed by atoms with Crippen molar-refractivity contribution in [3.8, 4) is 0 Å². The number of ether oxygens (including phenoxy) is 1. The fraction of sp³-hybridized carbons (Fsp3) is 0.947. The number of halogens is 8. The summed E-state index contributed by atoms with van der Waals surface area (Å²) in [4.78, 5) is 12.3. The van der Waals surface area contributed by atoms with Gasteiger partial charge in [0.1, 0.15) is 9.70 Å². The van der Waals surface area contributed by atoms with E-state index in [-0.39, 0.29) is 0 Å². The third-order valence-corrected chi connectivity index (χ3v) is 19.9. The van der Waals surface area contributed by atoms with Crippen molar-refractivity contribution in [3.05, 3.63) is 0 Å². The number of carbonyl (C=O) groups is 1. The molecule has 0 heterocycles. The molecule has 0 saturated heterocycles. The predicted octanol–water partition coefficient (Wildman–Crippen LogP) is 10.8. The number of rotatable bonds is 16. The summed E-state index contributed by atoms with van der Waals surface area (Å²) in [6.45, 7) is 2.26. The molecule has 29 heavy (non-hydrogen) atoms. The second kappa shape index (κ2) is 15.3. The van der Waals surface area contributed by atoms with Crippen molar-refractivity contribution < 1.29 is 9.53 Å². The summed E-state index contributed by atoms with van der Waals surface area (Å²) in [5, 5.41) is 0. The van der Waals surface area contributed by atoms with E-state index in [9.17, 15) is 4.79 Å². The maximum absolute atomic E-state index is 12.3. The van der Waals surface area contributed by atoms with Gasteiger partial charge in [0.15, 0.2) is 0 Å². The van der Waals surface area contributed by atoms with E-state index in [0.717, 1.165) is 12.8 Å². The summed E-state index contributed by atoms with van der Waals surface area (Å²) in [6.07, 6.45) is 15.2. The molecular weight excluding hydrogens is 899 g/mol. The van der Waals surface area contributed by atoms with Crippen LogP contribution in [-0.2, 0) is 9.53 Å². The van der Waals surface area contributed by atoms with Gasteiger partial charge in [-0.15, -0.1) is 0 Å². The van der Waals surface area contributed by atoms with E-state index in [1.54, 1.807) is 0 Å². The van der Waals surface area contributed by atoms with Gasteiger partial charge >= 0.3 is 5.97 Å². The number of methoxy groups -OCH3 is 1. The molecule has 2 nitrogen and oxygen atoms in total. The summed E-state index contributed by atoms with van der Waals surface area (Å²) < 4.78 is 1.36. The van der Waals surface area contributed by atoms with E-state index in [0.29, 0.717) is 0 Å². The van der Waals surface area contributed by atoms with Gasteiger partial charge in [-0.05, 0) is 6.42 Å².